The lowest BCUT2D eigenvalue weighted by Crippen LogP contribution is -2.25. The normalized spacial score (nSPS) is 12.2. The molecule has 1 rings (SSSR count). The minimum atomic E-state index is 0.0147. The third kappa shape index (κ3) is 4.70. The number of nitrogens with zero attached hydrogens (tertiary/aromatic N) is 2. The Bertz CT molecular complexity index is 366. The van der Waals surface area contributed by atoms with E-state index in [1.807, 2.05) is 20.9 Å². The van der Waals surface area contributed by atoms with E-state index in [0.29, 0.717) is 31.4 Å². The summed E-state index contributed by atoms with van der Waals surface area (Å²) in [5.74, 6) is 0.545. The van der Waals surface area contributed by atoms with Gasteiger partial charge in [-0.1, -0.05) is 12.0 Å². The van der Waals surface area contributed by atoms with Gasteiger partial charge in [0.15, 0.2) is 0 Å². The van der Waals surface area contributed by atoms with Crippen LogP contribution in [0.3, 0.4) is 0 Å². The van der Waals surface area contributed by atoms with Crippen molar-refractivity contribution in [2.24, 2.45) is 0 Å². The molecule has 0 fully saturated rings. The van der Waals surface area contributed by atoms with Crippen LogP contribution in [-0.4, -0.2) is 36.2 Å². The summed E-state index contributed by atoms with van der Waals surface area (Å²) in [5, 5.41) is 16.5. The van der Waals surface area contributed by atoms with Crippen LogP contribution in [0.4, 0.5) is 6.01 Å². The second-order valence-corrected chi connectivity index (χ2v) is 3.98. The monoisotopic (exact) mass is 255 g/mol. The predicted octanol–water partition coefficient (Wildman–Crippen LogP) is 0.678. The van der Waals surface area contributed by atoms with Gasteiger partial charge in [0.05, 0.1) is 6.04 Å². The number of carbonyl (C=O) groups is 1. The van der Waals surface area contributed by atoms with Gasteiger partial charge in [-0.2, -0.15) is 0 Å². The van der Waals surface area contributed by atoms with Crippen LogP contribution in [0.1, 0.15) is 38.6 Å². The van der Waals surface area contributed by atoms with Gasteiger partial charge >= 0.3 is 6.01 Å². The quantitative estimate of drug-likeness (QED) is 0.632. The second-order valence-electron chi connectivity index (χ2n) is 3.98. The molecule has 0 saturated heterocycles. The first-order chi connectivity index (χ1) is 8.67. The molecule has 0 aliphatic rings. The highest BCUT2D eigenvalue weighted by Crippen LogP contribution is 2.12. The lowest BCUT2D eigenvalue weighted by atomic mass is 10.3. The highest BCUT2D eigenvalue weighted by Gasteiger charge is 2.11. The number of aromatic nitrogens is 2. The van der Waals surface area contributed by atoms with Gasteiger partial charge in [0.1, 0.15) is 0 Å². The largest absolute Gasteiger partial charge is 0.406 e. The molecule has 0 spiro atoms. The fourth-order valence-corrected chi connectivity index (χ4v) is 1.24. The van der Waals surface area contributed by atoms with Crippen molar-refractivity contribution in [3.8, 4) is 0 Å². The van der Waals surface area contributed by atoms with Crippen LogP contribution in [-0.2, 0) is 4.79 Å². The molecule has 18 heavy (non-hydrogen) atoms. The van der Waals surface area contributed by atoms with Crippen molar-refractivity contribution < 1.29 is 9.21 Å². The predicted molar refractivity (Wildman–Crippen MR) is 68.2 cm³/mol. The number of hydrogen-bond acceptors (Lipinski definition) is 6. The number of nitrogens with one attached hydrogen (secondary N) is 3. The Morgan fingerprint density at radius 1 is 1.39 bits per heavy atom. The number of carbonyl (C=O) groups excluding carboxylic acids is 1. The van der Waals surface area contributed by atoms with Crippen LogP contribution < -0.4 is 16.0 Å². The van der Waals surface area contributed by atoms with Crippen molar-refractivity contribution in [1.29, 1.82) is 0 Å². The van der Waals surface area contributed by atoms with E-state index in [4.69, 9.17) is 4.42 Å². The summed E-state index contributed by atoms with van der Waals surface area (Å²) in [6.45, 7) is 5.13. The average molecular weight is 255 g/mol. The van der Waals surface area contributed by atoms with Crippen molar-refractivity contribution in [3.63, 3.8) is 0 Å². The minimum absolute atomic E-state index is 0.0147. The van der Waals surface area contributed by atoms with Crippen molar-refractivity contribution in [2.45, 2.75) is 32.7 Å². The first kappa shape index (κ1) is 14.4. The van der Waals surface area contributed by atoms with E-state index in [2.05, 4.69) is 26.1 Å². The van der Waals surface area contributed by atoms with Crippen LogP contribution in [0, 0.1) is 0 Å². The van der Waals surface area contributed by atoms with Gasteiger partial charge < -0.3 is 20.4 Å². The number of amides is 1. The SMILES string of the molecule is CCCNC(=O)CCNc1nnc(C(C)NC)o1. The van der Waals surface area contributed by atoms with E-state index < -0.39 is 0 Å². The van der Waals surface area contributed by atoms with E-state index in [1.54, 1.807) is 0 Å². The molecule has 102 valence electrons. The molecule has 7 heteroatoms. The Kier molecular flexibility index (Phi) is 6.13. The van der Waals surface area contributed by atoms with Crippen molar-refractivity contribution >= 4 is 11.9 Å². The van der Waals surface area contributed by atoms with E-state index in [-0.39, 0.29) is 11.9 Å². The average Bonchev–Trinajstić information content (AvgIpc) is 2.84. The summed E-state index contributed by atoms with van der Waals surface area (Å²) in [7, 11) is 1.82. The Hall–Kier alpha value is -1.63. The zero-order valence-corrected chi connectivity index (χ0v) is 11.1. The fraction of sp³-hybridized carbons (Fsp3) is 0.727. The third-order valence-electron chi connectivity index (χ3n) is 2.44. The second kappa shape index (κ2) is 7.65. The van der Waals surface area contributed by atoms with E-state index in [1.165, 1.54) is 0 Å². The molecule has 0 aromatic carbocycles. The summed E-state index contributed by atoms with van der Waals surface area (Å²) in [6, 6.07) is 0.358. The van der Waals surface area contributed by atoms with Crippen molar-refractivity contribution in [3.05, 3.63) is 5.89 Å². The van der Waals surface area contributed by atoms with E-state index in [0.717, 1.165) is 6.42 Å². The maximum atomic E-state index is 11.3. The molecular weight excluding hydrogens is 234 g/mol. The summed E-state index contributed by atoms with van der Waals surface area (Å²) < 4.78 is 5.37. The minimum Gasteiger partial charge on any atom is -0.406 e. The molecule has 3 N–H and O–H groups in total. The topological polar surface area (TPSA) is 92.1 Å². The van der Waals surface area contributed by atoms with Gasteiger partial charge in [0, 0.05) is 19.5 Å². The van der Waals surface area contributed by atoms with E-state index >= 15 is 0 Å². The molecule has 1 amide bonds. The molecule has 1 aromatic rings. The molecule has 1 heterocycles. The first-order valence-corrected chi connectivity index (χ1v) is 6.18. The summed E-state index contributed by atoms with van der Waals surface area (Å²) in [5.41, 5.74) is 0. The lowest BCUT2D eigenvalue weighted by Gasteiger charge is -2.04. The van der Waals surface area contributed by atoms with Gasteiger partial charge in [-0.25, -0.2) is 0 Å². The standard InChI is InChI=1S/C11H21N5O2/c1-4-6-13-9(17)5-7-14-11-16-15-10(18-11)8(2)12-3/h8,12H,4-7H2,1-3H3,(H,13,17)(H,14,16). The molecule has 7 nitrogen and oxygen atoms in total. The zero-order chi connectivity index (χ0) is 13.4. The lowest BCUT2D eigenvalue weighted by molar-refractivity contribution is -0.120. The maximum absolute atomic E-state index is 11.3. The van der Waals surface area contributed by atoms with Crippen LogP contribution in [0.25, 0.3) is 0 Å². The van der Waals surface area contributed by atoms with Crippen molar-refractivity contribution in [2.75, 3.05) is 25.5 Å². The fourth-order valence-electron chi connectivity index (χ4n) is 1.24. The van der Waals surface area contributed by atoms with Gasteiger partial charge in [-0.3, -0.25) is 4.79 Å². The summed E-state index contributed by atoms with van der Waals surface area (Å²) in [4.78, 5) is 11.3. The van der Waals surface area contributed by atoms with Crippen LogP contribution in [0.15, 0.2) is 4.42 Å². The van der Waals surface area contributed by atoms with Crippen LogP contribution in [0.5, 0.6) is 0 Å². The molecular formula is C11H21N5O2. The molecule has 0 saturated carbocycles. The molecule has 1 unspecified atom stereocenters. The Labute approximate surface area is 107 Å². The Balaban J connectivity index is 2.27. The first-order valence-electron chi connectivity index (χ1n) is 6.18. The third-order valence-corrected chi connectivity index (χ3v) is 2.44. The van der Waals surface area contributed by atoms with Gasteiger partial charge in [-0.05, 0) is 20.4 Å². The molecule has 1 atom stereocenters. The molecule has 0 radical (unpaired) electrons. The van der Waals surface area contributed by atoms with Crippen molar-refractivity contribution in [1.82, 2.24) is 20.8 Å². The molecule has 1 aromatic heterocycles. The highest BCUT2D eigenvalue weighted by molar-refractivity contribution is 5.76. The van der Waals surface area contributed by atoms with Crippen LogP contribution >= 0.6 is 0 Å². The number of hydrogen-bond donors (Lipinski definition) is 3. The van der Waals surface area contributed by atoms with Gasteiger partial charge in [0.2, 0.25) is 11.8 Å². The molecule has 0 aliphatic heterocycles. The van der Waals surface area contributed by atoms with Crippen LogP contribution in [0.2, 0.25) is 0 Å². The smallest absolute Gasteiger partial charge is 0.315 e. The van der Waals surface area contributed by atoms with E-state index in [9.17, 15) is 4.79 Å². The maximum Gasteiger partial charge on any atom is 0.315 e. The zero-order valence-electron chi connectivity index (χ0n) is 11.1. The van der Waals surface area contributed by atoms with Gasteiger partial charge in [-0.15, -0.1) is 5.10 Å². The number of anilines is 1. The Morgan fingerprint density at radius 2 is 2.17 bits per heavy atom. The summed E-state index contributed by atoms with van der Waals surface area (Å²) >= 11 is 0. The molecule has 0 bridgehead atoms. The Morgan fingerprint density at radius 3 is 2.83 bits per heavy atom. The highest BCUT2D eigenvalue weighted by atomic mass is 16.4. The molecule has 0 aliphatic carbocycles. The van der Waals surface area contributed by atoms with Gasteiger partial charge in [0.25, 0.3) is 0 Å². The summed E-state index contributed by atoms with van der Waals surface area (Å²) in [6.07, 6.45) is 1.33. The number of rotatable bonds is 8.